The van der Waals surface area contributed by atoms with Crippen LogP contribution in [0.3, 0.4) is 0 Å². The van der Waals surface area contributed by atoms with Gasteiger partial charge in [-0.1, -0.05) is 0 Å². The van der Waals surface area contributed by atoms with Crippen LogP contribution in [0.2, 0.25) is 0 Å². The van der Waals surface area contributed by atoms with Gasteiger partial charge in [-0.15, -0.1) is 0 Å². The molecule has 0 heterocycles. The van der Waals surface area contributed by atoms with Crippen LogP contribution >= 0.6 is 11.8 Å². The first kappa shape index (κ1) is 7.78. The van der Waals surface area contributed by atoms with Crippen molar-refractivity contribution in [2.24, 2.45) is 0 Å². The van der Waals surface area contributed by atoms with E-state index in [2.05, 4.69) is 4.74 Å². The predicted molar refractivity (Wildman–Crippen MR) is 31.7 cm³/mol. The van der Waals surface area contributed by atoms with Gasteiger partial charge in [0.25, 0.3) is 0 Å². The number of aliphatic hydroxyl groups is 1. The Labute approximate surface area is 52.0 Å². The molecule has 0 radical (unpaired) electrons. The van der Waals surface area contributed by atoms with E-state index in [1.807, 2.05) is 0 Å². The number of rotatable bonds is 2. The zero-order valence-corrected chi connectivity index (χ0v) is 5.40. The summed E-state index contributed by atoms with van der Waals surface area (Å²) in [6.07, 6.45) is 0. The summed E-state index contributed by atoms with van der Waals surface area (Å²) in [5.74, 6) is -0.209. The molecule has 1 N–H and O–H groups in total. The first-order chi connectivity index (χ1) is 3.81. The van der Waals surface area contributed by atoms with E-state index in [0.717, 1.165) is 11.8 Å². The minimum absolute atomic E-state index is 0.209. The molecule has 0 fully saturated rings. The monoisotopic (exact) mass is 136 g/mol. The van der Waals surface area contributed by atoms with Gasteiger partial charge in [0.15, 0.2) is 0 Å². The molecule has 4 heteroatoms. The molecule has 0 aliphatic rings. The second-order valence-electron chi connectivity index (χ2n) is 0.956. The molecule has 0 aliphatic carbocycles. The van der Waals surface area contributed by atoms with Crippen LogP contribution in [0.15, 0.2) is 0 Å². The maximum absolute atomic E-state index is 10.2. The van der Waals surface area contributed by atoms with Crippen molar-refractivity contribution in [3.63, 3.8) is 0 Å². The fourth-order valence-electron chi connectivity index (χ4n) is 0.212. The number of thioether (sulfide) groups is 1. The first-order valence-corrected chi connectivity index (χ1v) is 3.20. The van der Waals surface area contributed by atoms with Crippen molar-refractivity contribution < 1.29 is 14.6 Å². The van der Waals surface area contributed by atoms with Crippen molar-refractivity contribution >= 4 is 17.1 Å². The molecule has 48 valence electrons. The predicted octanol–water partition coefficient (Wildman–Crippen LogP) is 0.826. The summed E-state index contributed by atoms with van der Waals surface area (Å²) >= 11 is 0.750. The van der Waals surface area contributed by atoms with E-state index in [1.165, 1.54) is 0 Å². The summed E-state index contributed by atoms with van der Waals surface area (Å²) in [6, 6.07) is 0. The lowest BCUT2D eigenvalue weighted by Gasteiger charge is -1.95. The zero-order valence-electron chi connectivity index (χ0n) is 4.59. The van der Waals surface area contributed by atoms with Crippen LogP contribution in [0.5, 0.6) is 0 Å². The Hall–Kier alpha value is -0.220. The lowest BCUT2D eigenvalue weighted by Crippen LogP contribution is -1.96. The van der Waals surface area contributed by atoms with Crippen LogP contribution in [0.25, 0.3) is 0 Å². The van der Waals surface area contributed by atoms with Crippen molar-refractivity contribution in [1.82, 2.24) is 0 Å². The highest BCUT2D eigenvalue weighted by molar-refractivity contribution is 8.13. The maximum atomic E-state index is 10.2. The third kappa shape index (κ3) is 3.95. The standard InChI is InChI=1S/C4H8O3S/c1-2-7-4(6)8-3-5/h5H,2-3H2,1H3. The second-order valence-corrected chi connectivity index (χ2v) is 1.84. The van der Waals surface area contributed by atoms with Crippen LogP contribution in [0.4, 0.5) is 4.79 Å². The largest absolute Gasteiger partial charge is 0.458 e. The van der Waals surface area contributed by atoms with Crippen LogP contribution in [0, 0.1) is 0 Å². The molecule has 0 atom stereocenters. The number of aliphatic hydroxyl groups excluding tert-OH is 1. The van der Waals surface area contributed by atoms with Crippen LogP contribution in [0.1, 0.15) is 6.92 Å². The molecule has 0 amide bonds. The summed E-state index contributed by atoms with van der Waals surface area (Å²) in [6.45, 7) is 2.08. The second kappa shape index (κ2) is 4.93. The number of carbonyl (C=O) groups is 1. The van der Waals surface area contributed by atoms with E-state index >= 15 is 0 Å². The van der Waals surface area contributed by atoms with Gasteiger partial charge in [-0.05, 0) is 18.7 Å². The summed E-state index contributed by atoms with van der Waals surface area (Å²) in [5.41, 5.74) is 0. The number of hydrogen-bond acceptors (Lipinski definition) is 4. The van der Waals surface area contributed by atoms with Crippen molar-refractivity contribution in [2.45, 2.75) is 6.92 Å². The molecule has 0 aromatic carbocycles. The van der Waals surface area contributed by atoms with Gasteiger partial charge in [-0.3, -0.25) is 0 Å². The molecule has 0 aromatic rings. The third-order valence-electron chi connectivity index (χ3n) is 0.445. The third-order valence-corrected chi connectivity index (χ3v) is 0.927. The van der Waals surface area contributed by atoms with Gasteiger partial charge in [0, 0.05) is 0 Å². The molecule has 3 nitrogen and oxygen atoms in total. The highest BCUT2D eigenvalue weighted by Gasteiger charge is 1.97. The fraction of sp³-hybridized carbons (Fsp3) is 0.750. The summed E-state index contributed by atoms with van der Waals surface area (Å²) in [4.78, 5) is 10.2. The molecule has 0 aromatic heterocycles. The SMILES string of the molecule is CCOC(=O)SCO. The molecule has 0 saturated carbocycles. The quantitative estimate of drug-likeness (QED) is 0.451. The molecule has 0 rings (SSSR count). The minimum atomic E-state index is -0.421. The Bertz CT molecular complexity index is 65.7. The van der Waals surface area contributed by atoms with Crippen LogP contribution < -0.4 is 0 Å². The fourth-order valence-corrected chi connectivity index (χ4v) is 0.519. The summed E-state index contributed by atoms with van der Waals surface area (Å²) < 4.78 is 4.45. The van der Waals surface area contributed by atoms with Crippen molar-refractivity contribution in [3.05, 3.63) is 0 Å². The van der Waals surface area contributed by atoms with Gasteiger partial charge >= 0.3 is 5.30 Å². The Morgan fingerprint density at radius 1 is 1.88 bits per heavy atom. The Morgan fingerprint density at radius 3 is 2.88 bits per heavy atom. The van der Waals surface area contributed by atoms with E-state index in [0.29, 0.717) is 6.61 Å². The van der Waals surface area contributed by atoms with Gasteiger partial charge in [0.1, 0.15) is 0 Å². The first-order valence-electron chi connectivity index (χ1n) is 2.21. The molecule has 0 spiro atoms. The summed E-state index contributed by atoms with van der Waals surface area (Å²) in [5, 5.41) is 7.70. The van der Waals surface area contributed by atoms with Gasteiger partial charge in [-0.2, -0.15) is 0 Å². The highest BCUT2D eigenvalue weighted by Crippen LogP contribution is 2.00. The average Bonchev–Trinajstić information content (AvgIpc) is 1.68. The van der Waals surface area contributed by atoms with Crippen LogP contribution in [-0.2, 0) is 4.74 Å². The molecule has 8 heavy (non-hydrogen) atoms. The lowest BCUT2D eigenvalue weighted by atomic mass is 10.9. The molecular weight excluding hydrogens is 128 g/mol. The van der Waals surface area contributed by atoms with Gasteiger partial charge in [0.2, 0.25) is 0 Å². The van der Waals surface area contributed by atoms with Gasteiger partial charge < -0.3 is 9.84 Å². The van der Waals surface area contributed by atoms with Crippen molar-refractivity contribution in [1.29, 1.82) is 0 Å². The van der Waals surface area contributed by atoms with E-state index in [9.17, 15) is 4.79 Å². The van der Waals surface area contributed by atoms with E-state index in [-0.39, 0.29) is 5.94 Å². The van der Waals surface area contributed by atoms with E-state index < -0.39 is 5.30 Å². The van der Waals surface area contributed by atoms with Crippen molar-refractivity contribution in [3.8, 4) is 0 Å². The smallest absolute Gasteiger partial charge is 0.369 e. The lowest BCUT2D eigenvalue weighted by molar-refractivity contribution is 0.181. The maximum Gasteiger partial charge on any atom is 0.369 e. The van der Waals surface area contributed by atoms with Crippen LogP contribution in [-0.4, -0.2) is 23.0 Å². The molecule has 0 saturated heterocycles. The van der Waals surface area contributed by atoms with E-state index in [4.69, 9.17) is 5.11 Å². The normalized spacial score (nSPS) is 8.75. The van der Waals surface area contributed by atoms with E-state index in [1.54, 1.807) is 6.92 Å². The number of hydrogen-bond donors (Lipinski definition) is 1. The topological polar surface area (TPSA) is 46.5 Å². The number of carbonyl (C=O) groups excluding carboxylic acids is 1. The Morgan fingerprint density at radius 2 is 2.50 bits per heavy atom. The molecular formula is C4H8O3S. The van der Waals surface area contributed by atoms with Gasteiger partial charge in [-0.25, -0.2) is 4.79 Å². The molecule has 0 bridgehead atoms. The minimum Gasteiger partial charge on any atom is -0.458 e. The molecule has 0 unspecified atom stereocenters. The Balaban J connectivity index is 3.06. The molecule has 0 aliphatic heterocycles. The average molecular weight is 136 g/mol. The van der Waals surface area contributed by atoms with Crippen molar-refractivity contribution in [2.75, 3.05) is 12.5 Å². The Kier molecular flexibility index (Phi) is 4.79. The highest BCUT2D eigenvalue weighted by atomic mass is 32.2. The summed E-state index contributed by atoms with van der Waals surface area (Å²) in [7, 11) is 0. The zero-order chi connectivity index (χ0) is 6.41. The van der Waals surface area contributed by atoms with Gasteiger partial charge in [0.05, 0.1) is 12.5 Å². The number of ether oxygens (including phenoxy) is 1.